The van der Waals surface area contributed by atoms with Crippen LogP contribution in [0.3, 0.4) is 0 Å². The van der Waals surface area contributed by atoms with Crippen LogP contribution in [-0.4, -0.2) is 20.8 Å². The number of carbonyl (C=O) groups excluding carboxylic acids is 1. The first kappa shape index (κ1) is 11.6. The van der Waals surface area contributed by atoms with Crippen molar-refractivity contribution < 1.29 is 4.79 Å². The lowest BCUT2D eigenvalue weighted by atomic mass is 10.1. The smallest absolute Gasteiger partial charge is 0.181 e. The van der Waals surface area contributed by atoms with Gasteiger partial charge >= 0.3 is 0 Å². The average molecular weight is 251 g/mol. The number of rotatable bonds is 2. The maximum atomic E-state index is 11.5. The Morgan fingerprint density at radius 1 is 1.11 bits per heavy atom. The van der Waals surface area contributed by atoms with Crippen LogP contribution in [0.4, 0.5) is 0 Å². The molecule has 0 fully saturated rings. The summed E-state index contributed by atoms with van der Waals surface area (Å²) in [5, 5.41) is 10.3. The molecule has 0 saturated heterocycles. The molecule has 0 unspecified atom stereocenters. The highest BCUT2D eigenvalue weighted by atomic mass is 16.1. The quantitative estimate of drug-likeness (QED) is 0.658. The predicted octanol–water partition coefficient (Wildman–Crippen LogP) is 2.93. The Hall–Kier alpha value is -2.49. The lowest BCUT2D eigenvalue weighted by Crippen LogP contribution is -2.01. The van der Waals surface area contributed by atoms with E-state index in [2.05, 4.69) is 22.4 Å². The van der Waals surface area contributed by atoms with Gasteiger partial charge in [0.05, 0.1) is 11.4 Å². The SMILES string of the molecule is CC(=O)c1nnn(-c2cccc3ccccc23)c1C. The molecule has 0 N–H and O–H groups in total. The van der Waals surface area contributed by atoms with Crippen molar-refractivity contribution in [1.82, 2.24) is 15.0 Å². The molecule has 0 aliphatic heterocycles. The molecule has 4 nitrogen and oxygen atoms in total. The largest absolute Gasteiger partial charge is 0.293 e. The Balaban J connectivity index is 2.28. The molecular weight excluding hydrogens is 238 g/mol. The molecule has 1 aromatic heterocycles. The van der Waals surface area contributed by atoms with Gasteiger partial charge in [0.25, 0.3) is 0 Å². The highest BCUT2D eigenvalue weighted by molar-refractivity contribution is 5.94. The third-order valence-electron chi connectivity index (χ3n) is 3.22. The summed E-state index contributed by atoms with van der Waals surface area (Å²) in [4.78, 5) is 11.5. The van der Waals surface area contributed by atoms with Gasteiger partial charge in [-0.15, -0.1) is 5.10 Å². The second-order valence-corrected chi connectivity index (χ2v) is 4.49. The Kier molecular flexibility index (Phi) is 2.63. The molecule has 0 bridgehead atoms. The van der Waals surface area contributed by atoms with Crippen molar-refractivity contribution >= 4 is 16.6 Å². The minimum atomic E-state index is -0.0658. The van der Waals surface area contributed by atoms with Gasteiger partial charge in [0, 0.05) is 12.3 Å². The van der Waals surface area contributed by atoms with Crippen molar-refractivity contribution in [3.8, 4) is 5.69 Å². The molecule has 0 aliphatic carbocycles. The number of hydrogen-bond donors (Lipinski definition) is 0. The van der Waals surface area contributed by atoms with Gasteiger partial charge in [0.2, 0.25) is 0 Å². The third-order valence-corrected chi connectivity index (χ3v) is 3.22. The van der Waals surface area contributed by atoms with Crippen molar-refractivity contribution in [3.63, 3.8) is 0 Å². The summed E-state index contributed by atoms with van der Waals surface area (Å²) < 4.78 is 1.72. The molecule has 1 heterocycles. The zero-order valence-electron chi connectivity index (χ0n) is 10.8. The van der Waals surface area contributed by atoms with Crippen LogP contribution in [-0.2, 0) is 0 Å². The summed E-state index contributed by atoms with van der Waals surface area (Å²) in [6, 6.07) is 14.1. The first-order chi connectivity index (χ1) is 9.18. The number of benzene rings is 2. The van der Waals surface area contributed by atoms with E-state index in [4.69, 9.17) is 0 Å². The van der Waals surface area contributed by atoms with Gasteiger partial charge in [-0.05, 0) is 18.4 Å². The number of aromatic nitrogens is 3. The molecule has 94 valence electrons. The van der Waals surface area contributed by atoms with E-state index in [0.29, 0.717) is 5.69 Å². The van der Waals surface area contributed by atoms with Gasteiger partial charge in [-0.1, -0.05) is 41.6 Å². The first-order valence-corrected chi connectivity index (χ1v) is 6.10. The number of nitrogens with zero attached hydrogens (tertiary/aromatic N) is 3. The van der Waals surface area contributed by atoms with Crippen LogP contribution in [0.15, 0.2) is 42.5 Å². The van der Waals surface area contributed by atoms with E-state index < -0.39 is 0 Å². The van der Waals surface area contributed by atoms with Crippen molar-refractivity contribution in [2.75, 3.05) is 0 Å². The van der Waals surface area contributed by atoms with Crippen molar-refractivity contribution in [1.29, 1.82) is 0 Å². The molecule has 0 atom stereocenters. The Labute approximate surface area is 110 Å². The summed E-state index contributed by atoms with van der Waals surface area (Å²) in [6.45, 7) is 3.36. The summed E-state index contributed by atoms with van der Waals surface area (Å²) in [7, 11) is 0. The fourth-order valence-electron chi connectivity index (χ4n) is 2.28. The molecular formula is C15H13N3O. The van der Waals surface area contributed by atoms with E-state index >= 15 is 0 Å². The van der Waals surface area contributed by atoms with E-state index in [9.17, 15) is 4.79 Å². The van der Waals surface area contributed by atoms with E-state index in [1.807, 2.05) is 37.3 Å². The number of carbonyl (C=O) groups is 1. The van der Waals surface area contributed by atoms with Crippen LogP contribution < -0.4 is 0 Å². The Bertz CT molecular complexity index is 769. The average Bonchev–Trinajstić information content (AvgIpc) is 2.80. The fraction of sp³-hybridized carbons (Fsp3) is 0.133. The summed E-state index contributed by atoms with van der Waals surface area (Å²) in [5.41, 5.74) is 2.13. The molecule has 19 heavy (non-hydrogen) atoms. The maximum absolute atomic E-state index is 11.5. The number of ketones is 1. The van der Waals surface area contributed by atoms with Gasteiger partial charge < -0.3 is 0 Å². The zero-order chi connectivity index (χ0) is 13.4. The summed E-state index contributed by atoms with van der Waals surface area (Å²) in [6.07, 6.45) is 0. The standard InChI is InChI=1S/C15H13N3O/c1-10-15(11(2)19)16-17-18(10)14-9-5-7-12-6-3-4-8-13(12)14/h3-9H,1-2H3. The first-order valence-electron chi connectivity index (χ1n) is 6.10. The van der Waals surface area contributed by atoms with Gasteiger partial charge in [0.1, 0.15) is 0 Å². The monoisotopic (exact) mass is 251 g/mol. The lowest BCUT2D eigenvalue weighted by Gasteiger charge is -2.07. The Morgan fingerprint density at radius 3 is 2.58 bits per heavy atom. The molecule has 0 saturated carbocycles. The molecule has 0 radical (unpaired) electrons. The van der Waals surface area contributed by atoms with Gasteiger partial charge in [-0.2, -0.15) is 0 Å². The van der Waals surface area contributed by atoms with Crippen LogP contribution in [0, 0.1) is 6.92 Å². The highest BCUT2D eigenvalue weighted by Gasteiger charge is 2.14. The molecule has 4 heteroatoms. The molecule has 2 aromatic carbocycles. The molecule has 3 rings (SSSR count). The van der Waals surface area contributed by atoms with Crippen molar-refractivity contribution in [3.05, 3.63) is 53.9 Å². The van der Waals surface area contributed by atoms with E-state index in [1.54, 1.807) is 4.68 Å². The van der Waals surface area contributed by atoms with Crippen molar-refractivity contribution in [2.24, 2.45) is 0 Å². The van der Waals surface area contributed by atoms with Gasteiger partial charge in [-0.3, -0.25) is 4.79 Å². The molecule has 0 aliphatic rings. The van der Waals surface area contributed by atoms with Gasteiger partial charge in [0.15, 0.2) is 11.5 Å². The summed E-state index contributed by atoms with van der Waals surface area (Å²) >= 11 is 0. The van der Waals surface area contributed by atoms with Crippen LogP contribution >= 0.6 is 0 Å². The van der Waals surface area contributed by atoms with Crippen LogP contribution in [0.2, 0.25) is 0 Å². The zero-order valence-corrected chi connectivity index (χ0v) is 10.8. The summed E-state index contributed by atoms with van der Waals surface area (Å²) in [5.74, 6) is -0.0658. The number of Topliss-reactive ketones (excluding diaryl/α,β-unsaturated/α-hetero) is 1. The van der Waals surface area contributed by atoms with E-state index in [1.165, 1.54) is 6.92 Å². The molecule has 0 amide bonds. The van der Waals surface area contributed by atoms with Gasteiger partial charge in [-0.25, -0.2) is 4.68 Å². The second-order valence-electron chi connectivity index (χ2n) is 4.49. The van der Waals surface area contributed by atoms with Crippen LogP contribution in [0.1, 0.15) is 23.1 Å². The third kappa shape index (κ3) is 1.81. The molecule has 0 spiro atoms. The lowest BCUT2D eigenvalue weighted by molar-refractivity contribution is 0.101. The predicted molar refractivity (Wildman–Crippen MR) is 73.6 cm³/mol. The minimum Gasteiger partial charge on any atom is -0.293 e. The van der Waals surface area contributed by atoms with E-state index in [-0.39, 0.29) is 5.78 Å². The second kappa shape index (κ2) is 4.31. The fourth-order valence-corrected chi connectivity index (χ4v) is 2.28. The minimum absolute atomic E-state index is 0.0658. The Morgan fingerprint density at radius 2 is 1.84 bits per heavy atom. The molecule has 3 aromatic rings. The number of hydrogen-bond acceptors (Lipinski definition) is 3. The highest BCUT2D eigenvalue weighted by Crippen LogP contribution is 2.23. The number of fused-ring (bicyclic) bond motifs is 1. The van der Waals surface area contributed by atoms with Crippen LogP contribution in [0.5, 0.6) is 0 Å². The maximum Gasteiger partial charge on any atom is 0.181 e. The normalized spacial score (nSPS) is 10.8. The van der Waals surface area contributed by atoms with Crippen LogP contribution in [0.25, 0.3) is 16.5 Å². The van der Waals surface area contributed by atoms with Crippen molar-refractivity contribution in [2.45, 2.75) is 13.8 Å². The van der Waals surface area contributed by atoms with E-state index in [0.717, 1.165) is 22.2 Å². The topological polar surface area (TPSA) is 47.8 Å².